The molecule has 0 saturated carbocycles. The van der Waals surface area contributed by atoms with Gasteiger partial charge in [0, 0.05) is 0 Å². The molecule has 0 saturated heterocycles. The number of hydrogen-bond acceptors (Lipinski definition) is 4. The van der Waals surface area contributed by atoms with Gasteiger partial charge in [-0.3, -0.25) is 0 Å². The summed E-state index contributed by atoms with van der Waals surface area (Å²) in [6.07, 6.45) is 0. The Bertz CT molecular complexity index is 210. The van der Waals surface area contributed by atoms with Crippen LogP contribution in [0.15, 0.2) is 0 Å². The molecule has 0 aliphatic carbocycles. The molecule has 0 bridgehead atoms. The third-order valence-electron chi connectivity index (χ3n) is 0.904. The van der Waals surface area contributed by atoms with Crippen molar-refractivity contribution in [2.24, 2.45) is 0 Å². The molecular weight excluding hydrogens is 206 g/mol. The number of hydrogen-bond donors (Lipinski definition) is 2. The van der Waals surface area contributed by atoms with Crippen LogP contribution in [0.5, 0.6) is 0 Å². The maximum absolute atomic E-state index is 11.2. The van der Waals surface area contributed by atoms with Crippen molar-refractivity contribution in [2.45, 2.75) is 13.8 Å². The molecule has 0 aromatic rings. The summed E-state index contributed by atoms with van der Waals surface area (Å²) in [5, 5.41) is 0. The van der Waals surface area contributed by atoms with Gasteiger partial charge in [0.1, 0.15) is 0 Å². The second-order valence-corrected chi connectivity index (χ2v) is 7.33. The lowest BCUT2D eigenvalue weighted by molar-refractivity contribution is 0.222. The van der Waals surface area contributed by atoms with Crippen molar-refractivity contribution in [1.29, 1.82) is 0 Å². The first kappa shape index (κ1) is 12.3. The number of rotatable bonds is 5. The van der Waals surface area contributed by atoms with E-state index in [1.54, 1.807) is 0 Å². The van der Waals surface area contributed by atoms with E-state index >= 15 is 0 Å². The molecule has 0 aliphatic heterocycles. The normalized spacial score (nSPS) is 13.3. The monoisotopic (exact) mass is 218 g/mol. The molecule has 0 atom stereocenters. The Morgan fingerprint density at radius 1 is 1.08 bits per heavy atom. The average molecular weight is 218 g/mol. The zero-order chi connectivity index (χ0) is 9.83. The summed E-state index contributed by atoms with van der Waals surface area (Å²) in [4.78, 5) is 17.2. The fourth-order valence-corrected chi connectivity index (χ4v) is 3.14. The Morgan fingerprint density at radius 3 is 1.58 bits per heavy atom. The highest BCUT2D eigenvalue weighted by Crippen LogP contribution is 2.78. The fourth-order valence-electron chi connectivity index (χ4n) is 0.514. The first-order chi connectivity index (χ1) is 5.37. The topological polar surface area (TPSA) is 93.1 Å². The van der Waals surface area contributed by atoms with Gasteiger partial charge in [0.05, 0.1) is 13.2 Å². The van der Waals surface area contributed by atoms with E-state index in [-0.39, 0.29) is 13.2 Å². The van der Waals surface area contributed by atoms with E-state index < -0.39 is 14.6 Å². The minimum Gasteiger partial charge on any atom is -0.316 e. The van der Waals surface area contributed by atoms with Gasteiger partial charge in [-0.1, -0.05) is 0 Å². The van der Waals surface area contributed by atoms with Crippen LogP contribution in [-0.2, 0) is 18.2 Å². The second-order valence-electron chi connectivity index (χ2n) is 1.82. The first-order valence-corrected chi connectivity index (χ1v) is 7.18. The summed E-state index contributed by atoms with van der Waals surface area (Å²) < 4.78 is 30.7. The lowest BCUT2D eigenvalue weighted by Crippen LogP contribution is -1.96. The van der Waals surface area contributed by atoms with Crippen LogP contribution < -0.4 is 0 Å². The minimum atomic E-state index is -4.81. The highest BCUT2D eigenvalue weighted by atomic mass is 32.1. The molecule has 6 nitrogen and oxygen atoms in total. The zero-order valence-electron chi connectivity index (χ0n) is 6.84. The Kier molecular flexibility index (Phi) is 4.62. The molecule has 12 heavy (non-hydrogen) atoms. The van der Waals surface area contributed by atoms with Crippen LogP contribution in [0.3, 0.4) is 0 Å². The predicted octanol–water partition coefficient (Wildman–Crippen LogP) is 1.35. The molecular formula is C4H12O6P2. The molecule has 2 N–H and O–H groups in total. The standard InChI is InChI=1S/C4H12O6P2/c1-3-9-12(8,10-4-2)11(5,6)7/h3-4H2,1-2H3,(H2,5,6,7). The molecule has 0 aromatic heterocycles. The van der Waals surface area contributed by atoms with Crippen LogP contribution in [0.4, 0.5) is 0 Å². The van der Waals surface area contributed by atoms with E-state index in [0.717, 1.165) is 0 Å². The Morgan fingerprint density at radius 2 is 1.42 bits per heavy atom. The summed E-state index contributed by atoms with van der Waals surface area (Å²) in [7, 11) is -9.05. The Balaban J connectivity index is 4.63. The van der Waals surface area contributed by atoms with Crippen molar-refractivity contribution in [3.63, 3.8) is 0 Å². The van der Waals surface area contributed by atoms with Crippen LogP contribution >= 0.6 is 14.6 Å². The van der Waals surface area contributed by atoms with Gasteiger partial charge in [-0.2, -0.15) is 0 Å². The van der Waals surface area contributed by atoms with E-state index in [4.69, 9.17) is 9.79 Å². The molecule has 74 valence electrons. The van der Waals surface area contributed by atoms with Gasteiger partial charge in [0.25, 0.3) is 0 Å². The Labute approximate surface area is 70.5 Å². The van der Waals surface area contributed by atoms with Gasteiger partial charge in [-0.15, -0.1) is 0 Å². The molecule has 0 spiro atoms. The molecule has 0 unspecified atom stereocenters. The van der Waals surface area contributed by atoms with Crippen LogP contribution in [-0.4, -0.2) is 23.0 Å². The first-order valence-electron chi connectivity index (χ1n) is 3.32. The van der Waals surface area contributed by atoms with Crippen LogP contribution in [0.1, 0.15) is 13.8 Å². The summed E-state index contributed by atoms with van der Waals surface area (Å²) >= 11 is 0. The molecule has 0 radical (unpaired) electrons. The maximum atomic E-state index is 11.2. The smallest absolute Gasteiger partial charge is 0.316 e. The van der Waals surface area contributed by atoms with E-state index in [0.29, 0.717) is 0 Å². The van der Waals surface area contributed by atoms with Crippen molar-refractivity contribution in [2.75, 3.05) is 13.2 Å². The fraction of sp³-hybridized carbons (Fsp3) is 1.00. The zero-order valence-corrected chi connectivity index (χ0v) is 8.62. The van der Waals surface area contributed by atoms with Gasteiger partial charge >= 0.3 is 14.6 Å². The summed E-state index contributed by atoms with van der Waals surface area (Å²) in [6, 6.07) is 0. The molecule has 0 aromatic carbocycles. The molecule has 0 amide bonds. The van der Waals surface area contributed by atoms with Gasteiger partial charge < -0.3 is 18.8 Å². The summed E-state index contributed by atoms with van der Waals surface area (Å²) in [5.74, 6) is 0. The van der Waals surface area contributed by atoms with E-state index in [1.165, 1.54) is 13.8 Å². The highest BCUT2D eigenvalue weighted by molar-refractivity contribution is 8.26. The van der Waals surface area contributed by atoms with Crippen LogP contribution in [0.25, 0.3) is 0 Å². The van der Waals surface area contributed by atoms with Crippen molar-refractivity contribution in [3.8, 4) is 0 Å². The van der Waals surface area contributed by atoms with Crippen molar-refractivity contribution >= 4 is 14.6 Å². The second kappa shape index (κ2) is 4.51. The predicted molar refractivity (Wildman–Crippen MR) is 42.9 cm³/mol. The minimum absolute atomic E-state index is 0.0671. The average Bonchev–Trinajstić information content (AvgIpc) is 1.86. The lowest BCUT2D eigenvalue weighted by atomic mass is 10.9. The van der Waals surface area contributed by atoms with Gasteiger partial charge in [0.15, 0.2) is 0 Å². The summed E-state index contributed by atoms with van der Waals surface area (Å²) in [6.45, 7) is 2.81. The van der Waals surface area contributed by atoms with Crippen LogP contribution in [0.2, 0.25) is 0 Å². The van der Waals surface area contributed by atoms with Crippen molar-refractivity contribution < 1.29 is 28.0 Å². The Hall–Kier alpha value is 0.300. The van der Waals surface area contributed by atoms with Gasteiger partial charge in [0.2, 0.25) is 0 Å². The quantitative estimate of drug-likeness (QED) is 0.676. The molecule has 0 heterocycles. The van der Waals surface area contributed by atoms with E-state index in [2.05, 4.69) is 9.05 Å². The molecule has 0 fully saturated rings. The van der Waals surface area contributed by atoms with E-state index in [9.17, 15) is 9.13 Å². The maximum Gasteiger partial charge on any atom is 0.440 e. The SMILES string of the molecule is CCOP(=O)(OCC)P(=O)(O)O. The summed E-state index contributed by atoms with van der Waals surface area (Å²) in [5.41, 5.74) is 0. The van der Waals surface area contributed by atoms with Crippen molar-refractivity contribution in [3.05, 3.63) is 0 Å². The molecule has 0 aliphatic rings. The third kappa shape index (κ3) is 2.98. The van der Waals surface area contributed by atoms with Crippen LogP contribution in [0, 0.1) is 0 Å². The molecule has 0 rings (SSSR count). The third-order valence-corrected chi connectivity index (χ3v) is 5.32. The van der Waals surface area contributed by atoms with Gasteiger partial charge in [-0.05, 0) is 13.8 Å². The lowest BCUT2D eigenvalue weighted by Gasteiger charge is -2.16. The van der Waals surface area contributed by atoms with E-state index in [1.807, 2.05) is 0 Å². The van der Waals surface area contributed by atoms with Gasteiger partial charge in [-0.25, -0.2) is 9.13 Å². The molecule has 8 heteroatoms. The van der Waals surface area contributed by atoms with Crippen molar-refractivity contribution in [1.82, 2.24) is 0 Å². The largest absolute Gasteiger partial charge is 0.440 e. The highest BCUT2D eigenvalue weighted by Gasteiger charge is 2.44.